The van der Waals surface area contributed by atoms with Gasteiger partial charge in [-0.25, -0.2) is 4.98 Å². The lowest BCUT2D eigenvalue weighted by Gasteiger charge is -2.34. The lowest BCUT2D eigenvalue weighted by Crippen LogP contribution is -2.41. The number of pyridine rings is 1. The molecule has 1 aromatic rings. The van der Waals surface area contributed by atoms with Crippen LogP contribution in [0.15, 0.2) is 12.3 Å². The van der Waals surface area contributed by atoms with E-state index in [2.05, 4.69) is 9.88 Å². The minimum absolute atomic E-state index is 0.278. The largest absolute Gasteiger partial charge is 0.389 e. The monoisotopic (exact) mass is 279 g/mol. The van der Waals surface area contributed by atoms with E-state index >= 15 is 0 Å². The quantitative estimate of drug-likeness (QED) is 0.855. The zero-order valence-electron chi connectivity index (χ0n) is 11.6. The van der Waals surface area contributed by atoms with Crippen LogP contribution in [0.4, 0.5) is 5.82 Å². The normalized spacial score (nSPS) is 19.5. The van der Waals surface area contributed by atoms with Gasteiger partial charge in [0.25, 0.3) is 0 Å². The first kappa shape index (κ1) is 14.2. The first-order valence-electron chi connectivity index (χ1n) is 6.75. The molecular formula is C14H21N3OS. The summed E-state index contributed by atoms with van der Waals surface area (Å²) < 4.78 is 5.73. The van der Waals surface area contributed by atoms with Gasteiger partial charge in [0.2, 0.25) is 0 Å². The first-order chi connectivity index (χ1) is 9.13. The van der Waals surface area contributed by atoms with Gasteiger partial charge in [-0.2, -0.15) is 0 Å². The molecule has 1 aliphatic heterocycles. The second-order valence-corrected chi connectivity index (χ2v) is 5.30. The Labute approximate surface area is 120 Å². The number of aromatic nitrogens is 1. The Kier molecular flexibility index (Phi) is 4.71. The van der Waals surface area contributed by atoms with E-state index in [1.807, 2.05) is 26.1 Å². The predicted molar refractivity (Wildman–Crippen MR) is 81.7 cm³/mol. The molecule has 1 unspecified atom stereocenters. The van der Waals surface area contributed by atoms with E-state index in [9.17, 15) is 0 Å². The van der Waals surface area contributed by atoms with Crippen LogP contribution in [0.3, 0.4) is 0 Å². The van der Waals surface area contributed by atoms with Gasteiger partial charge >= 0.3 is 0 Å². The van der Waals surface area contributed by atoms with Crippen LogP contribution in [0, 0.1) is 6.92 Å². The molecule has 104 valence electrons. The van der Waals surface area contributed by atoms with Crippen molar-refractivity contribution in [2.24, 2.45) is 5.73 Å². The molecule has 0 aliphatic carbocycles. The Morgan fingerprint density at radius 3 is 3.11 bits per heavy atom. The van der Waals surface area contributed by atoms with Crippen molar-refractivity contribution in [3.05, 3.63) is 23.4 Å². The zero-order valence-corrected chi connectivity index (χ0v) is 12.4. The zero-order chi connectivity index (χ0) is 13.8. The molecule has 0 amide bonds. The molecule has 2 N–H and O–H groups in total. The van der Waals surface area contributed by atoms with Crippen molar-refractivity contribution in [2.75, 3.05) is 24.6 Å². The van der Waals surface area contributed by atoms with E-state index in [1.54, 1.807) is 0 Å². The van der Waals surface area contributed by atoms with Crippen LogP contribution in [0.5, 0.6) is 0 Å². The van der Waals surface area contributed by atoms with Gasteiger partial charge in [0.05, 0.1) is 11.7 Å². The highest BCUT2D eigenvalue weighted by Gasteiger charge is 2.24. The topological polar surface area (TPSA) is 51.4 Å². The third-order valence-electron chi connectivity index (χ3n) is 3.47. The molecule has 5 heteroatoms. The number of hydrogen-bond donors (Lipinski definition) is 1. The van der Waals surface area contributed by atoms with Gasteiger partial charge < -0.3 is 15.4 Å². The van der Waals surface area contributed by atoms with Crippen molar-refractivity contribution in [2.45, 2.75) is 32.8 Å². The van der Waals surface area contributed by atoms with E-state index in [4.69, 9.17) is 22.7 Å². The Balaban J connectivity index is 2.26. The molecule has 0 aromatic carbocycles. The van der Waals surface area contributed by atoms with Gasteiger partial charge in [-0.1, -0.05) is 12.2 Å². The fourth-order valence-electron chi connectivity index (χ4n) is 2.59. The molecule has 4 nitrogen and oxygen atoms in total. The molecule has 1 fully saturated rings. The molecule has 1 aromatic heterocycles. The molecule has 1 atom stereocenters. The van der Waals surface area contributed by atoms with Gasteiger partial charge in [-0.15, -0.1) is 0 Å². The molecule has 0 spiro atoms. The van der Waals surface area contributed by atoms with Crippen molar-refractivity contribution in [3.63, 3.8) is 0 Å². The minimum Gasteiger partial charge on any atom is -0.389 e. The highest BCUT2D eigenvalue weighted by atomic mass is 32.1. The van der Waals surface area contributed by atoms with Gasteiger partial charge in [0, 0.05) is 25.9 Å². The van der Waals surface area contributed by atoms with Crippen LogP contribution in [0.25, 0.3) is 0 Å². The summed E-state index contributed by atoms with van der Waals surface area (Å²) in [5.41, 5.74) is 7.83. The molecule has 0 radical (unpaired) electrons. The summed E-state index contributed by atoms with van der Waals surface area (Å²) in [6, 6.07) is 1.95. The summed E-state index contributed by atoms with van der Waals surface area (Å²) in [5, 5.41) is 0. The maximum Gasteiger partial charge on any atom is 0.139 e. The third-order valence-corrected chi connectivity index (χ3v) is 3.67. The van der Waals surface area contributed by atoms with E-state index in [0.717, 1.165) is 49.5 Å². The average Bonchev–Trinajstić information content (AvgIpc) is 2.38. The van der Waals surface area contributed by atoms with Crippen LogP contribution >= 0.6 is 12.2 Å². The van der Waals surface area contributed by atoms with E-state index in [-0.39, 0.29) is 6.10 Å². The van der Waals surface area contributed by atoms with Crippen LogP contribution in [-0.2, 0) is 4.74 Å². The number of rotatable bonds is 4. The van der Waals surface area contributed by atoms with Gasteiger partial charge in [0.1, 0.15) is 10.8 Å². The number of thiocarbonyl (C=S) groups is 1. The summed E-state index contributed by atoms with van der Waals surface area (Å²) in [6.07, 6.45) is 4.31. The van der Waals surface area contributed by atoms with Crippen molar-refractivity contribution in [1.82, 2.24) is 4.98 Å². The molecule has 19 heavy (non-hydrogen) atoms. The fourth-order valence-corrected chi connectivity index (χ4v) is 2.84. The number of aryl methyl sites for hydroxylation is 1. The molecule has 2 heterocycles. The van der Waals surface area contributed by atoms with Crippen LogP contribution in [-0.4, -0.2) is 35.8 Å². The van der Waals surface area contributed by atoms with Gasteiger partial charge in [0.15, 0.2) is 0 Å². The number of anilines is 1. The maximum absolute atomic E-state index is 5.85. The smallest absolute Gasteiger partial charge is 0.139 e. The van der Waals surface area contributed by atoms with Crippen LogP contribution in [0.1, 0.15) is 30.9 Å². The van der Waals surface area contributed by atoms with Gasteiger partial charge in [-0.05, 0) is 38.3 Å². The minimum atomic E-state index is 0.278. The number of piperidine rings is 1. The SMILES string of the molecule is CCOC1CCCN(c2nccc(C)c2C(N)=S)C1. The number of nitrogens with two attached hydrogens (primary N) is 1. The van der Waals surface area contributed by atoms with E-state index < -0.39 is 0 Å². The second kappa shape index (κ2) is 6.30. The van der Waals surface area contributed by atoms with E-state index in [1.165, 1.54) is 0 Å². The van der Waals surface area contributed by atoms with Crippen LogP contribution in [0.2, 0.25) is 0 Å². The van der Waals surface area contributed by atoms with Crippen molar-refractivity contribution >= 4 is 23.0 Å². The fraction of sp³-hybridized carbons (Fsp3) is 0.571. The van der Waals surface area contributed by atoms with E-state index in [0.29, 0.717) is 4.99 Å². The van der Waals surface area contributed by atoms with Crippen LogP contribution < -0.4 is 10.6 Å². The van der Waals surface area contributed by atoms with Crippen molar-refractivity contribution in [1.29, 1.82) is 0 Å². The average molecular weight is 279 g/mol. The molecule has 0 bridgehead atoms. The summed E-state index contributed by atoms with van der Waals surface area (Å²) in [7, 11) is 0. The Morgan fingerprint density at radius 1 is 1.63 bits per heavy atom. The first-order valence-corrected chi connectivity index (χ1v) is 7.16. The summed E-state index contributed by atoms with van der Waals surface area (Å²) in [6.45, 7) is 6.64. The maximum atomic E-state index is 5.85. The Morgan fingerprint density at radius 2 is 2.42 bits per heavy atom. The number of ether oxygens (including phenoxy) is 1. The lowest BCUT2D eigenvalue weighted by molar-refractivity contribution is 0.0525. The Hall–Kier alpha value is -1.20. The number of hydrogen-bond acceptors (Lipinski definition) is 4. The third kappa shape index (κ3) is 3.22. The molecule has 1 aliphatic rings. The Bertz CT molecular complexity index is 462. The highest BCUT2D eigenvalue weighted by molar-refractivity contribution is 7.80. The standard InChI is InChI=1S/C14H21N3OS/c1-3-18-11-5-4-8-17(9-11)14-12(13(15)19)10(2)6-7-16-14/h6-7,11H,3-5,8-9H2,1-2H3,(H2,15,19). The molecule has 0 saturated carbocycles. The number of nitrogens with zero attached hydrogens (tertiary/aromatic N) is 2. The molecule has 2 rings (SSSR count). The highest BCUT2D eigenvalue weighted by Crippen LogP contribution is 2.25. The predicted octanol–water partition coefficient (Wildman–Crippen LogP) is 2.03. The summed E-state index contributed by atoms with van der Waals surface area (Å²) in [5.74, 6) is 0.900. The summed E-state index contributed by atoms with van der Waals surface area (Å²) in [4.78, 5) is 7.14. The van der Waals surface area contributed by atoms with Gasteiger partial charge in [-0.3, -0.25) is 0 Å². The molecule has 1 saturated heterocycles. The van der Waals surface area contributed by atoms with Crippen molar-refractivity contribution in [3.8, 4) is 0 Å². The molecular weight excluding hydrogens is 258 g/mol. The lowest BCUT2D eigenvalue weighted by atomic mass is 10.1. The summed E-state index contributed by atoms with van der Waals surface area (Å²) >= 11 is 5.17. The van der Waals surface area contributed by atoms with Crippen molar-refractivity contribution < 1.29 is 4.74 Å². The second-order valence-electron chi connectivity index (χ2n) is 4.86.